The van der Waals surface area contributed by atoms with E-state index in [0.717, 1.165) is 5.69 Å². The molecule has 104 valence electrons. The highest BCUT2D eigenvalue weighted by molar-refractivity contribution is 5.93. The summed E-state index contributed by atoms with van der Waals surface area (Å²) >= 11 is 0. The van der Waals surface area contributed by atoms with Crippen LogP contribution in [-0.4, -0.2) is 38.6 Å². The first-order chi connectivity index (χ1) is 8.94. The van der Waals surface area contributed by atoms with Crippen LogP contribution in [0.25, 0.3) is 0 Å². The van der Waals surface area contributed by atoms with Crippen molar-refractivity contribution in [2.24, 2.45) is 7.05 Å². The van der Waals surface area contributed by atoms with E-state index < -0.39 is 5.54 Å². The van der Waals surface area contributed by atoms with Crippen molar-refractivity contribution in [2.45, 2.75) is 38.8 Å². The smallest absolute Gasteiger partial charge is 0.248 e. The minimum atomic E-state index is -0.803. The largest absolute Gasteiger partial charge is 0.342 e. The van der Waals surface area contributed by atoms with E-state index in [2.05, 4.69) is 10.4 Å². The molecule has 1 aromatic heterocycles. The molecule has 6 heteroatoms. The molecule has 19 heavy (non-hydrogen) atoms. The van der Waals surface area contributed by atoms with Gasteiger partial charge in [-0.2, -0.15) is 5.10 Å². The minimum Gasteiger partial charge on any atom is -0.342 e. The molecule has 1 unspecified atom stereocenters. The molecule has 2 heterocycles. The monoisotopic (exact) mass is 264 g/mol. The lowest BCUT2D eigenvalue weighted by atomic mass is 9.97. The van der Waals surface area contributed by atoms with Gasteiger partial charge in [0.15, 0.2) is 0 Å². The summed E-state index contributed by atoms with van der Waals surface area (Å²) in [5.74, 6) is -0.104. The Labute approximate surface area is 112 Å². The van der Waals surface area contributed by atoms with Gasteiger partial charge in [0, 0.05) is 26.2 Å². The van der Waals surface area contributed by atoms with Gasteiger partial charge in [-0.25, -0.2) is 0 Å². The van der Waals surface area contributed by atoms with Crippen molar-refractivity contribution in [3.63, 3.8) is 0 Å². The second kappa shape index (κ2) is 5.03. The van der Waals surface area contributed by atoms with Crippen LogP contribution in [0.3, 0.4) is 0 Å². The number of carbonyl (C=O) groups excluding carboxylic acids is 2. The number of amides is 2. The first-order valence-electron chi connectivity index (χ1n) is 6.53. The van der Waals surface area contributed by atoms with Gasteiger partial charge in [-0.1, -0.05) is 6.92 Å². The van der Waals surface area contributed by atoms with E-state index in [1.165, 1.54) is 0 Å². The van der Waals surface area contributed by atoms with Crippen molar-refractivity contribution in [1.82, 2.24) is 20.0 Å². The Hall–Kier alpha value is -1.85. The summed E-state index contributed by atoms with van der Waals surface area (Å²) in [6, 6.07) is 1.89. The van der Waals surface area contributed by atoms with E-state index in [-0.39, 0.29) is 11.8 Å². The number of aromatic nitrogens is 2. The molecular weight excluding hydrogens is 244 g/mol. The molecule has 1 atom stereocenters. The number of carbonyl (C=O) groups is 2. The average Bonchev–Trinajstić information content (AvgIpc) is 2.74. The van der Waals surface area contributed by atoms with Gasteiger partial charge in [0.2, 0.25) is 11.8 Å². The maximum Gasteiger partial charge on any atom is 0.248 e. The van der Waals surface area contributed by atoms with Crippen molar-refractivity contribution >= 4 is 11.8 Å². The van der Waals surface area contributed by atoms with Gasteiger partial charge in [0.05, 0.1) is 12.2 Å². The zero-order valence-electron chi connectivity index (χ0n) is 11.6. The third kappa shape index (κ3) is 2.77. The Morgan fingerprint density at radius 2 is 2.21 bits per heavy atom. The van der Waals surface area contributed by atoms with Crippen LogP contribution in [0.5, 0.6) is 0 Å². The van der Waals surface area contributed by atoms with Gasteiger partial charge in [0.25, 0.3) is 0 Å². The van der Waals surface area contributed by atoms with E-state index in [9.17, 15) is 9.59 Å². The second-order valence-electron chi connectivity index (χ2n) is 5.19. The number of nitrogens with zero attached hydrogens (tertiary/aromatic N) is 3. The number of hydrogen-bond donors (Lipinski definition) is 1. The summed E-state index contributed by atoms with van der Waals surface area (Å²) in [5.41, 5.74) is 0.0335. The molecule has 0 aliphatic carbocycles. The third-order valence-corrected chi connectivity index (χ3v) is 3.61. The molecule has 6 nitrogen and oxygen atoms in total. The van der Waals surface area contributed by atoms with E-state index in [0.29, 0.717) is 25.9 Å². The van der Waals surface area contributed by atoms with E-state index in [1.807, 2.05) is 26.2 Å². The Bertz CT molecular complexity index is 497. The van der Waals surface area contributed by atoms with Gasteiger partial charge in [0.1, 0.15) is 5.54 Å². The van der Waals surface area contributed by atoms with Crippen LogP contribution in [0.15, 0.2) is 12.3 Å². The first kappa shape index (κ1) is 13.6. The summed E-state index contributed by atoms with van der Waals surface area (Å²) in [7, 11) is 1.84. The van der Waals surface area contributed by atoms with Crippen LogP contribution in [0, 0.1) is 0 Å². The van der Waals surface area contributed by atoms with Crippen LogP contribution in [0.4, 0.5) is 0 Å². The average molecular weight is 264 g/mol. The molecule has 0 saturated carbocycles. The van der Waals surface area contributed by atoms with E-state index in [4.69, 9.17) is 0 Å². The van der Waals surface area contributed by atoms with Crippen LogP contribution in [0.2, 0.25) is 0 Å². The highest BCUT2D eigenvalue weighted by atomic mass is 16.2. The Balaban J connectivity index is 2.19. The number of rotatable bonds is 3. The molecule has 0 radical (unpaired) electrons. The lowest BCUT2D eigenvalue weighted by Crippen LogP contribution is -2.54. The fourth-order valence-corrected chi connectivity index (χ4v) is 2.24. The maximum atomic E-state index is 12.5. The van der Waals surface area contributed by atoms with Crippen molar-refractivity contribution in [2.75, 3.05) is 6.54 Å². The van der Waals surface area contributed by atoms with Gasteiger partial charge in [-0.05, 0) is 19.4 Å². The molecule has 2 rings (SSSR count). The summed E-state index contributed by atoms with van der Waals surface area (Å²) in [5, 5.41) is 7.10. The predicted octanol–water partition coefficient (Wildman–Crippen LogP) is 0.437. The van der Waals surface area contributed by atoms with Gasteiger partial charge in [-0.3, -0.25) is 14.3 Å². The minimum absolute atomic E-state index is 0.0356. The molecule has 0 bridgehead atoms. The Kier molecular flexibility index (Phi) is 3.59. The molecule has 1 aliphatic heterocycles. The van der Waals surface area contributed by atoms with Gasteiger partial charge < -0.3 is 10.2 Å². The summed E-state index contributed by atoms with van der Waals surface area (Å²) < 4.78 is 1.71. The molecule has 0 aromatic carbocycles. The molecule has 2 amide bonds. The van der Waals surface area contributed by atoms with Crippen molar-refractivity contribution in [3.05, 3.63) is 18.0 Å². The summed E-state index contributed by atoms with van der Waals surface area (Å²) in [6.45, 7) is 4.58. The third-order valence-electron chi connectivity index (χ3n) is 3.61. The highest BCUT2D eigenvalue weighted by Gasteiger charge is 2.39. The molecule has 1 aliphatic rings. The standard InChI is InChI=1S/C13H20N4O2/c1-4-13(2)12(19)17(8-6-11(18)14-13)9-10-5-7-16(3)15-10/h5,7H,4,6,8-9H2,1-3H3,(H,14,18). The predicted molar refractivity (Wildman–Crippen MR) is 70.1 cm³/mol. The maximum absolute atomic E-state index is 12.5. The fourth-order valence-electron chi connectivity index (χ4n) is 2.24. The lowest BCUT2D eigenvalue weighted by molar-refractivity contribution is -0.138. The SMILES string of the molecule is CCC1(C)NC(=O)CCN(Cc2ccn(C)n2)C1=O. The molecule has 1 saturated heterocycles. The first-order valence-corrected chi connectivity index (χ1v) is 6.53. The highest BCUT2D eigenvalue weighted by Crippen LogP contribution is 2.19. The quantitative estimate of drug-likeness (QED) is 0.861. The van der Waals surface area contributed by atoms with Crippen molar-refractivity contribution in [1.29, 1.82) is 0 Å². The second-order valence-corrected chi connectivity index (χ2v) is 5.19. The lowest BCUT2D eigenvalue weighted by Gasteiger charge is -2.30. The van der Waals surface area contributed by atoms with Crippen LogP contribution >= 0.6 is 0 Å². The van der Waals surface area contributed by atoms with E-state index in [1.54, 1.807) is 16.5 Å². The van der Waals surface area contributed by atoms with E-state index >= 15 is 0 Å². The number of aryl methyl sites for hydroxylation is 1. The summed E-state index contributed by atoms with van der Waals surface area (Å²) in [6.07, 6.45) is 2.77. The molecule has 1 aromatic rings. The normalized spacial score (nSPS) is 24.3. The van der Waals surface area contributed by atoms with Crippen molar-refractivity contribution < 1.29 is 9.59 Å². The van der Waals surface area contributed by atoms with Gasteiger partial charge >= 0.3 is 0 Å². The number of nitrogens with one attached hydrogen (secondary N) is 1. The van der Waals surface area contributed by atoms with Crippen LogP contribution in [-0.2, 0) is 23.2 Å². The topological polar surface area (TPSA) is 67.2 Å². The Morgan fingerprint density at radius 1 is 1.47 bits per heavy atom. The molecular formula is C13H20N4O2. The summed E-state index contributed by atoms with van der Waals surface area (Å²) in [4.78, 5) is 25.9. The van der Waals surface area contributed by atoms with Crippen molar-refractivity contribution in [3.8, 4) is 0 Å². The molecule has 0 spiro atoms. The van der Waals surface area contributed by atoms with Crippen LogP contribution < -0.4 is 5.32 Å². The molecule has 1 N–H and O–H groups in total. The molecule has 1 fully saturated rings. The van der Waals surface area contributed by atoms with Crippen LogP contribution in [0.1, 0.15) is 32.4 Å². The zero-order chi connectivity index (χ0) is 14.0. The number of hydrogen-bond acceptors (Lipinski definition) is 3. The van der Waals surface area contributed by atoms with Gasteiger partial charge in [-0.15, -0.1) is 0 Å². The zero-order valence-corrected chi connectivity index (χ0v) is 11.6. The fraction of sp³-hybridized carbons (Fsp3) is 0.615. The Morgan fingerprint density at radius 3 is 2.79 bits per heavy atom.